The average molecular weight is 345 g/mol. The molecule has 0 aromatic heterocycles. The average Bonchev–Trinajstić information content (AvgIpc) is 2.41. The Bertz CT molecular complexity index is 409. The first kappa shape index (κ1) is 20.8. The fourth-order valence-corrected chi connectivity index (χ4v) is 3.21. The van der Waals surface area contributed by atoms with Crippen LogP contribution in [0.15, 0.2) is 0 Å². The Morgan fingerprint density at radius 1 is 0.958 bits per heavy atom. The summed E-state index contributed by atoms with van der Waals surface area (Å²) in [5, 5.41) is 25.0. The van der Waals surface area contributed by atoms with Gasteiger partial charge in [0, 0.05) is 39.3 Å². The van der Waals surface area contributed by atoms with Crippen LogP contribution in [-0.4, -0.2) is 103 Å². The van der Waals surface area contributed by atoms with Gasteiger partial charge in [-0.2, -0.15) is 0 Å². The van der Waals surface area contributed by atoms with Gasteiger partial charge in [0.15, 0.2) is 6.54 Å². The lowest BCUT2D eigenvalue weighted by Gasteiger charge is -2.48. The van der Waals surface area contributed by atoms with Gasteiger partial charge >= 0.3 is 11.9 Å². The maximum absolute atomic E-state index is 11.4. The standard InChI is InChI=1S/C16H32N4O4/c1-16(2,3)20(13-15(23)24)10-6-17-4-8-19(12-14(21)22)9-5-18-7-11-20/h17-18H,4-13H2,1-3H3,(H-,21,22,23,24)/p+1. The van der Waals surface area contributed by atoms with Gasteiger partial charge in [-0.3, -0.25) is 9.69 Å². The molecule has 8 heteroatoms. The Balaban J connectivity index is 2.75. The number of carbonyl (C=O) groups is 2. The van der Waals surface area contributed by atoms with Gasteiger partial charge in [-0.15, -0.1) is 0 Å². The molecule has 4 N–H and O–H groups in total. The van der Waals surface area contributed by atoms with Crippen LogP contribution in [0.4, 0.5) is 0 Å². The molecule has 0 saturated carbocycles. The second kappa shape index (κ2) is 9.31. The van der Waals surface area contributed by atoms with E-state index in [9.17, 15) is 14.7 Å². The zero-order valence-corrected chi connectivity index (χ0v) is 15.2. The number of carboxylic acids is 2. The zero-order chi connectivity index (χ0) is 18.2. The van der Waals surface area contributed by atoms with Crippen molar-refractivity contribution in [1.29, 1.82) is 0 Å². The van der Waals surface area contributed by atoms with E-state index in [1.54, 1.807) is 0 Å². The summed E-state index contributed by atoms with van der Waals surface area (Å²) in [4.78, 5) is 24.2. The first-order valence-electron chi connectivity index (χ1n) is 8.60. The van der Waals surface area contributed by atoms with Crippen molar-refractivity contribution in [2.24, 2.45) is 0 Å². The van der Waals surface area contributed by atoms with Crippen LogP contribution < -0.4 is 10.6 Å². The lowest BCUT2D eigenvalue weighted by molar-refractivity contribution is -0.962. The van der Waals surface area contributed by atoms with Crippen LogP contribution in [0.2, 0.25) is 0 Å². The van der Waals surface area contributed by atoms with Gasteiger partial charge in [0.1, 0.15) is 0 Å². The molecule has 0 radical (unpaired) electrons. The molecule has 1 fully saturated rings. The number of rotatable bonds is 4. The third-order valence-electron chi connectivity index (χ3n) is 4.86. The summed E-state index contributed by atoms with van der Waals surface area (Å²) < 4.78 is 0.515. The number of nitrogens with one attached hydrogen (secondary N) is 2. The summed E-state index contributed by atoms with van der Waals surface area (Å²) in [5.74, 6) is -1.59. The summed E-state index contributed by atoms with van der Waals surface area (Å²) in [5.41, 5.74) is -0.165. The predicted octanol–water partition coefficient (Wildman–Crippen LogP) is -0.734. The fourth-order valence-electron chi connectivity index (χ4n) is 3.21. The first-order chi connectivity index (χ1) is 11.2. The van der Waals surface area contributed by atoms with E-state index in [-0.39, 0.29) is 18.6 Å². The number of quaternary nitrogens is 1. The van der Waals surface area contributed by atoms with E-state index in [1.807, 2.05) is 4.90 Å². The molecule has 1 aliphatic rings. The maximum atomic E-state index is 11.4. The molecule has 1 saturated heterocycles. The van der Waals surface area contributed by atoms with Gasteiger partial charge in [0.25, 0.3) is 0 Å². The fraction of sp³-hybridized carbons (Fsp3) is 0.875. The molecular weight excluding hydrogens is 312 g/mol. The van der Waals surface area contributed by atoms with Crippen molar-refractivity contribution in [1.82, 2.24) is 15.5 Å². The van der Waals surface area contributed by atoms with Crippen molar-refractivity contribution in [3.8, 4) is 0 Å². The summed E-state index contributed by atoms with van der Waals surface area (Å²) in [6.07, 6.45) is 0. The molecule has 0 aliphatic carbocycles. The molecule has 1 aliphatic heterocycles. The molecule has 0 spiro atoms. The van der Waals surface area contributed by atoms with Gasteiger partial charge in [-0.25, -0.2) is 4.79 Å². The summed E-state index contributed by atoms with van der Waals surface area (Å²) >= 11 is 0. The molecule has 0 atom stereocenters. The highest BCUT2D eigenvalue weighted by Gasteiger charge is 2.41. The summed E-state index contributed by atoms with van der Waals surface area (Å²) in [6.45, 7) is 12.1. The number of hydrogen-bond donors (Lipinski definition) is 4. The van der Waals surface area contributed by atoms with Crippen LogP contribution in [0.3, 0.4) is 0 Å². The van der Waals surface area contributed by atoms with Gasteiger partial charge in [0.2, 0.25) is 0 Å². The molecule has 0 amide bonds. The lowest BCUT2D eigenvalue weighted by Crippen LogP contribution is -2.66. The van der Waals surface area contributed by atoms with Crippen molar-refractivity contribution in [2.75, 3.05) is 65.4 Å². The molecule has 8 nitrogen and oxygen atoms in total. The molecule has 24 heavy (non-hydrogen) atoms. The number of hydrogen-bond acceptors (Lipinski definition) is 5. The van der Waals surface area contributed by atoms with Crippen LogP contribution in [0.5, 0.6) is 0 Å². The monoisotopic (exact) mass is 345 g/mol. The highest BCUT2D eigenvalue weighted by molar-refractivity contribution is 5.69. The molecule has 0 aromatic rings. The SMILES string of the molecule is CC(C)(C)[N+]1(CC(=O)O)CCNCCN(CC(=O)O)CCNCC1. The van der Waals surface area contributed by atoms with Crippen molar-refractivity contribution >= 4 is 11.9 Å². The number of aliphatic carboxylic acids is 2. The van der Waals surface area contributed by atoms with E-state index in [0.29, 0.717) is 43.8 Å². The van der Waals surface area contributed by atoms with E-state index in [2.05, 4.69) is 31.4 Å². The van der Waals surface area contributed by atoms with Gasteiger partial charge < -0.3 is 25.3 Å². The summed E-state index contributed by atoms with van der Waals surface area (Å²) in [6, 6.07) is 0. The smallest absolute Gasteiger partial charge is 0.359 e. The van der Waals surface area contributed by atoms with E-state index in [0.717, 1.165) is 13.1 Å². The Kier molecular flexibility index (Phi) is 8.08. The molecule has 1 heterocycles. The van der Waals surface area contributed by atoms with Gasteiger partial charge in [-0.05, 0) is 20.8 Å². The topological polar surface area (TPSA) is 102 Å². The van der Waals surface area contributed by atoms with Crippen LogP contribution in [-0.2, 0) is 9.59 Å². The molecule has 0 unspecified atom stereocenters. The Hall–Kier alpha value is -1.22. The third kappa shape index (κ3) is 6.72. The molecule has 140 valence electrons. The largest absolute Gasteiger partial charge is 0.480 e. The molecule has 1 rings (SSSR count). The predicted molar refractivity (Wildman–Crippen MR) is 92.1 cm³/mol. The Morgan fingerprint density at radius 2 is 1.46 bits per heavy atom. The van der Waals surface area contributed by atoms with Crippen molar-refractivity contribution < 1.29 is 24.3 Å². The van der Waals surface area contributed by atoms with Gasteiger partial charge in [-0.1, -0.05) is 0 Å². The highest BCUT2D eigenvalue weighted by atomic mass is 16.4. The van der Waals surface area contributed by atoms with Crippen LogP contribution >= 0.6 is 0 Å². The molecule has 0 bridgehead atoms. The van der Waals surface area contributed by atoms with E-state index in [4.69, 9.17) is 5.11 Å². The second-order valence-corrected chi connectivity index (χ2v) is 7.48. The van der Waals surface area contributed by atoms with Crippen LogP contribution in [0, 0.1) is 0 Å². The number of carboxylic acid groups (broad SMARTS) is 2. The van der Waals surface area contributed by atoms with E-state index < -0.39 is 11.9 Å². The van der Waals surface area contributed by atoms with Crippen molar-refractivity contribution in [2.45, 2.75) is 26.3 Å². The minimum atomic E-state index is -0.813. The normalized spacial score (nSPS) is 21.5. The van der Waals surface area contributed by atoms with E-state index >= 15 is 0 Å². The zero-order valence-electron chi connectivity index (χ0n) is 15.2. The third-order valence-corrected chi connectivity index (χ3v) is 4.86. The molecular formula is C16H33N4O4+. The lowest BCUT2D eigenvalue weighted by atomic mass is 10.00. The van der Waals surface area contributed by atoms with Crippen molar-refractivity contribution in [3.05, 3.63) is 0 Å². The van der Waals surface area contributed by atoms with Gasteiger partial charge in [0.05, 0.1) is 25.2 Å². The van der Waals surface area contributed by atoms with Crippen molar-refractivity contribution in [3.63, 3.8) is 0 Å². The second-order valence-electron chi connectivity index (χ2n) is 7.48. The Labute approximate surface area is 144 Å². The summed E-state index contributed by atoms with van der Waals surface area (Å²) in [7, 11) is 0. The van der Waals surface area contributed by atoms with Crippen LogP contribution in [0.1, 0.15) is 20.8 Å². The minimum absolute atomic E-state index is 0.0460. The van der Waals surface area contributed by atoms with E-state index in [1.165, 1.54) is 0 Å². The Morgan fingerprint density at radius 3 is 1.83 bits per heavy atom. The maximum Gasteiger partial charge on any atom is 0.359 e. The first-order valence-corrected chi connectivity index (χ1v) is 8.60. The number of nitrogens with zero attached hydrogens (tertiary/aromatic N) is 2. The van der Waals surface area contributed by atoms with Crippen LogP contribution in [0.25, 0.3) is 0 Å². The highest BCUT2D eigenvalue weighted by Crippen LogP contribution is 2.24. The molecule has 0 aromatic carbocycles. The quantitative estimate of drug-likeness (QED) is 0.498. The minimum Gasteiger partial charge on any atom is -0.480 e.